The molecule has 1 unspecified atom stereocenters. The van der Waals surface area contributed by atoms with Crippen LogP contribution in [0.3, 0.4) is 0 Å². The molecule has 5 aromatic carbocycles. The quantitative estimate of drug-likeness (QED) is 0.0215. The van der Waals surface area contributed by atoms with Crippen LogP contribution in [0.25, 0.3) is 21.5 Å². The first-order valence-corrected chi connectivity index (χ1v) is 23.3. The Hall–Kier alpha value is -5.62. The molecule has 2 aliphatic rings. The maximum absolute atomic E-state index is 14.0. The van der Waals surface area contributed by atoms with Crippen molar-refractivity contribution in [2.75, 3.05) is 13.2 Å². The summed E-state index contributed by atoms with van der Waals surface area (Å²) in [5.41, 5.74) is 4.38. The highest BCUT2D eigenvalue weighted by Gasteiger charge is 2.50. The summed E-state index contributed by atoms with van der Waals surface area (Å²) in [5, 5.41) is 4.38. The summed E-state index contributed by atoms with van der Waals surface area (Å²) in [5.74, 6) is 1.80. The van der Waals surface area contributed by atoms with E-state index in [1.807, 2.05) is 48.6 Å². The summed E-state index contributed by atoms with van der Waals surface area (Å²) < 4.78 is 24.9. The van der Waals surface area contributed by atoms with Crippen LogP contribution in [0, 0.1) is 0 Å². The van der Waals surface area contributed by atoms with E-state index in [0.29, 0.717) is 36.0 Å². The molecular weight excluding hydrogens is 769 g/mol. The molecule has 6 heteroatoms. The minimum Gasteiger partial charge on any atom is -0.494 e. The van der Waals surface area contributed by atoms with E-state index in [4.69, 9.17) is 18.9 Å². The van der Waals surface area contributed by atoms with E-state index in [0.717, 1.165) is 89.8 Å². The van der Waals surface area contributed by atoms with E-state index in [1.165, 1.54) is 62.5 Å². The Morgan fingerprint density at radius 1 is 0.661 bits per heavy atom. The van der Waals surface area contributed by atoms with Gasteiger partial charge in [0.1, 0.15) is 23.0 Å². The average Bonchev–Trinajstić information content (AvgIpc) is 3.88. The SMILES string of the molecule is C=C/C=C(\C=C/CC(=O)Oc1cc2ccccc2c2c1C1(CC2)CCc2c1c(OC(=O)c1ccc(OCCCCCCCC)cc1)cc1ccccc21)OCCCCCCCC. The molecule has 7 rings (SSSR count). The predicted molar refractivity (Wildman–Crippen MR) is 253 cm³/mol. The molecular formula is C56H64O6. The predicted octanol–water partition coefficient (Wildman–Crippen LogP) is 14.4. The Labute approximate surface area is 369 Å². The van der Waals surface area contributed by atoms with Crippen molar-refractivity contribution in [2.45, 2.75) is 128 Å². The molecule has 1 spiro atoms. The fourth-order valence-electron chi connectivity index (χ4n) is 9.64. The van der Waals surface area contributed by atoms with E-state index < -0.39 is 11.4 Å². The fourth-order valence-corrected chi connectivity index (χ4v) is 9.64. The number of allylic oxidation sites excluding steroid dienone is 3. The zero-order valence-corrected chi connectivity index (χ0v) is 37.0. The highest BCUT2D eigenvalue weighted by atomic mass is 16.5. The summed E-state index contributed by atoms with van der Waals surface area (Å²) in [4.78, 5) is 27.8. The summed E-state index contributed by atoms with van der Waals surface area (Å²) >= 11 is 0. The van der Waals surface area contributed by atoms with Crippen LogP contribution in [0.1, 0.15) is 143 Å². The lowest BCUT2D eigenvalue weighted by Gasteiger charge is -2.30. The van der Waals surface area contributed by atoms with E-state index in [1.54, 1.807) is 24.3 Å². The normalized spacial score (nSPS) is 15.6. The van der Waals surface area contributed by atoms with Crippen LogP contribution < -0.4 is 14.2 Å². The van der Waals surface area contributed by atoms with Gasteiger partial charge in [-0.25, -0.2) is 4.79 Å². The lowest BCUT2D eigenvalue weighted by molar-refractivity contribution is -0.133. The second kappa shape index (κ2) is 21.9. The van der Waals surface area contributed by atoms with Crippen molar-refractivity contribution in [3.63, 3.8) is 0 Å². The van der Waals surface area contributed by atoms with Gasteiger partial charge in [-0.05, 0) is 120 Å². The molecule has 2 aliphatic carbocycles. The van der Waals surface area contributed by atoms with E-state index in [9.17, 15) is 9.59 Å². The number of aryl methyl sites for hydroxylation is 2. The topological polar surface area (TPSA) is 71.1 Å². The lowest BCUT2D eigenvalue weighted by atomic mass is 9.75. The van der Waals surface area contributed by atoms with Crippen LogP contribution in [0.15, 0.2) is 122 Å². The first-order chi connectivity index (χ1) is 30.5. The van der Waals surface area contributed by atoms with Crippen molar-refractivity contribution in [3.05, 3.63) is 149 Å². The minimum atomic E-state index is -0.516. The number of esters is 2. The number of hydrogen-bond acceptors (Lipinski definition) is 6. The molecule has 0 aliphatic heterocycles. The Morgan fingerprint density at radius 3 is 1.81 bits per heavy atom. The Bertz CT molecular complexity index is 2380. The largest absolute Gasteiger partial charge is 0.494 e. The van der Waals surface area contributed by atoms with Crippen LogP contribution in [0.5, 0.6) is 17.2 Å². The van der Waals surface area contributed by atoms with Gasteiger partial charge in [0.05, 0.1) is 25.2 Å². The Morgan fingerprint density at radius 2 is 1.21 bits per heavy atom. The molecule has 0 saturated carbocycles. The van der Waals surface area contributed by atoms with Gasteiger partial charge < -0.3 is 18.9 Å². The van der Waals surface area contributed by atoms with Crippen LogP contribution in [-0.2, 0) is 27.8 Å². The molecule has 0 radical (unpaired) electrons. The molecule has 0 bridgehead atoms. The van der Waals surface area contributed by atoms with Gasteiger partial charge in [0.25, 0.3) is 0 Å². The van der Waals surface area contributed by atoms with Crippen molar-refractivity contribution < 1.29 is 28.5 Å². The van der Waals surface area contributed by atoms with Gasteiger partial charge in [-0.3, -0.25) is 4.79 Å². The Balaban J connectivity index is 1.13. The third kappa shape index (κ3) is 10.5. The molecule has 0 saturated heterocycles. The third-order valence-corrected chi connectivity index (χ3v) is 12.7. The fraction of sp³-hybridized carbons (Fsp3) is 0.393. The molecule has 0 heterocycles. The highest BCUT2D eigenvalue weighted by Crippen LogP contribution is 2.60. The van der Waals surface area contributed by atoms with Gasteiger partial charge in [0.15, 0.2) is 0 Å². The maximum Gasteiger partial charge on any atom is 0.343 e. The van der Waals surface area contributed by atoms with Crippen molar-refractivity contribution in [3.8, 4) is 17.2 Å². The summed E-state index contributed by atoms with van der Waals surface area (Å²) in [6.07, 6.45) is 24.8. The van der Waals surface area contributed by atoms with Gasteiger partial charge in [-0.15, -0.1) is 0 Å². The molecule has 0 N–H and O–H groups in total. The average molecular weight is 833 g/mol. The van der Waals surface area contributed by atoms with Crippen LogP contribution in [0.4, 0.5) is 0 Å². The number of unbranched alkanes of at least 4 members (excludes halogenated alkanes) is 10. The lowest BCUT2D eigenvalue weighted by Crippen LogP contribution is -2.25. The molecule has 0 fully saturated rings. The zero-order chi connectivity index (χ0) is 43.2. The summed E-state index contributed by atoms with van der Waals surface area (Å²) in [7, 11) is 0. The minimum absolute atomic E-state index is 0.0798. The number of ether oxygens (including phenoxy) is 4. The number of benzene rings is 5. The van der Waals surface area contributed by atoms with Gasteiger partial charge in [-0.1, -0.05) is 145 Å². The second-order valence-corrected chi connectivity index (χ2v) is 17.0. The van der Waals surface area contributed by atoms with Gasteiger partial charge in [0.2, 0.25) is 0 Å². The Kier molecular flexibility index (Phi) is 15.7. The molecule has 5 aromatic rings. The highest BCUT2D eigenvalue weighted by molar-refractivity contribution is 5.96. The molecule has 6 nitrogen and oxygen atoms in total. The standard InChI is InChI=1S/C56H64O6/c1-4-7-9-11-13-19-37-59-44(22-6-3)25-21-28-52(57)61-50-39-42-23-15-17-26-46(42)48-33-35-56(53(48)50)36-34-49-47-27-18-16-24-43(47)40-51(54(49)56)62-55(58)41-29-31-45(32-30-41)60-38-20-14-12-10-8-5-2/h6,15-18,21-27,29-32,39-40H,3-5,7-14,19-20,28,33-38H2,1-2H3/b25-21-,44-22+. The molecule has 1 atom stereocenters. The maximum atomic E-state index is 14.0. The van der Waals surface area contributed by atoms with E-state index >= 15 is 0 Å². The van der Waals surface area contributed by atoms with Crippen molar-refractivity contribution in [1.29, 1.82) is 0 Å². The van der Waals surface area contributed by atoms with Crippen molar-refractivity contribution in [2.24, 2.45) is 0 Å². The smallest absolute Gasteiger partial charge is 0.343 e. The van der Waals surface area contributed by atoms with Crippen molar-refractivity contribution >= 4 is 33.5 Å². The molecule has 62 heavy (non-hydrogen) atoms. The van der Waals surface area contributed by atoms with E-state index in [-0.39, 0.29) is 12.4 Å². The van der Waals surface area contributed by atoms with Gasteiger partial charge in [0, 0.05) is 16.5 Å². The molecule has 0 amide bonds. The van der Waals surface area contributed by atoms with Crippen LogP contribution in [-0.4, -0.2) is 25.2 Å². The number of rotatable bonds is 23. The number of hydrogen-bond donors (Lipinski definition) is 0. The monoisotopic (exact) mass is 832 g/mol. The molecule has 324 valence electrons. The number of carbonyl (C=O) groups is 2. The van der Waals surface area contributed by atoms with Gasteiger partial charge in [-0.2, -0.15) is 0 Å². The third-order valence-electron chi connectivity index (χ3n) is 12.7. The molecule has 0 aromatic heterocycles. The first kappa shape index (κ1) is 44.4. The van der Waals surface area contributed by atoms with Gasteiger partial charge >= 0.3 is 11.9 Å². The summed E-state index contributed by atoms with van der Waals surface area (Å²) in [6, 6.07) is 28.0. The number of fused-ring (bicyclic) bond motifs is 8. The van der Waals surface area contributed by atoms with Crippen molar-refractivity contribution in [1.82, 2.24) is 0 Å². The van der Waals surface area contributed by atoms with Crippen LogP contribution in [0.2, 0.25) is 0 Å². The van der Waals surface area contributed by atoms with E-state index in [2.05, 4.69) is 56.8 Å². The van der Waals surface area contributed by atoms with Crippen LogP contribution >= 0.6 is 0 Å². The zero-order valence-electron chi connectivity index (χ0n) is 37.0. The second-order valence-electron chi connectivity index (χ2n) is 17.0. The number of carbonyl (C=O) groups excluding carboxylic acids is 2. The first-order valence-electron chi connectivity index (χ1n) is 23.3. The summed E-state index contributed by atoms with van der Waals surface area (Å²) in [6.45, 7) is 9.59.